The Bertz CT molecular complexity index is 1070. The van der Waals surface area contributed by atoms with E-state index < -0.39 is 5.91 Å². The van der Waals surface area contributed by atoms with Crippen LogP contribution in [-0.4, -0.2) is 10.5 Å². The Hall–Kier alpha value is -3.03. The highest BCUT2D eigenvalue weighted by Gasteiger charge is 2.24. The smallest absolute Gasteiger partial charge is 0.251 e. The summed E-state index contributed by atoms with van der Waals surface area (Å²) in [5.41, 5.74) is 11.7. The Balaban J connectivity index is 2.21. The first-order chi connectivity index (χ1) is 14.0. The van der Waals surface area contributed by atoms with E-state index in [9.17, 15) is 4.79 Å². The summed E-state index contributed by atoms with van der Waals surface area (Å²) >= 11 is 6.18. The lowest BCUT2D eigenvalue weighted by molar-refractivity contribution is 0.1000. The molecule has 0 aliphatic carbocycles. The van der Waals surface area contributed by atoms with Crippen LogP contribution in [0.3, 0.4) is 0 Å². The van der Waals surface area contributed by atoms with Crippen LogP contribution in [0.4, 0.5) is 0 Å². The molecule has 0 bridgehead atoms. The maximum absolute atomic E-state index is 12.4. The van der Waals surface area contributed by atoms with Crippen molar-refractivity contribution < 1.29 is 4.79 Å². The molecule has 0 aliphatic heterocycles. The van der Waals surface area contributed by atoms with Crippen molar-refractivity contribution >= 4 is 17.5 Å². The van der Waals surface area contributed by atoms with Gasteiger partial charge < -0.3 is 10.3 Å². The highest BCUT2D eigenvalue weighted by Crippen LogP contribution is 2.34. The topological polar surface area (TPSA) is 71.8 Å². The fourth-order valence-corrected chi connectivity index (χ4v) is 3.97. The van der Waals surface area contributed by atoms with E-state index in [2.05, 4.69) is 17.6 Å². The lowest BCUT2D eigenvalue weighted by atomic mass is 9.97. The SMILES string of the molecule is CCCCc1c(-c2ccc(C#N)cc2)c(C(N)=O)c(C)n1Cc1cccc(Cl)c1. The van der Waals surface area contributed by atoms with Gasteiger partial charge in [-0.25, -0.2) is 0 Å². The van der Waals surface area contributed by atoms with Gasteiger partial charge in [0.05, 0.1) is 17.2 Å². The highest BCUT2D eigenvalue weighted by atomic mass is 35.5. The fourth-order valence-electron chi connectivity index (χ4n) is 3.76. The number of nitriles is 1. The number of nitrogens with zero attached hydrogens (tertiary/aromatic N) is 2. The van der Waals surface area contributed by atoms with Crippen LogP contribution in [0.2, 0.25) is 5.02 Å². The van der Waals surface area contributed by atoms with Gasteiger partial charge in [-0.15, -0.1) is 0 Å². The van der Waals surface area contributed by atoms with Crippen LogP contribution in [0.1, 0.15) is 52.6 Å². The molecule has 5 heteroatoms. The molecule has 1 heterocycles. The van der Waals surface area contributed by atoms with Gasteiger partial charge in [-0.2, -0.15) is 5.26 Å². The van der Waals surface area contributed by atoms with E-state index in [0.29, 0.717) is 22.7 Å². The standard InChI is InChI=1S/C24H24ClN3O/c1-3-4-8-21-23(19-11-9-17(14-26)10-12-19)22(24(27)29)16(2)28(21)15-18-6-5-7-20(25)13-18/h5-7,9-13H,3-4,8,15H2,1-2H3,(H2,27,29). The largest absolute Gasteiger partial charge is 0.366 e. The van der Waals surface area contributed by atoms with Crippen LogP contribution in [0.25, 0.3) is 11.1 Å². The number of carbonyl (C=O) groups is 1. The number of primary amides is 1. The lowest BCUT2D eigenvalue weighted by Gasteiger charge is -2.14. The fraction of sp³-hybridized carbons (Fsp3) is 0.250. The summed E-state index contributed by atoms with van der Waals surface area (Å²) in [6.07, 6.45) is 2.88. The third-order valence-corrected chi connectivity index (χ3v) is 5.41. The second-order valence-corrected chi connectivity index (χ2v) is 7.59. The van der Waals surface area contributed by atoms with E-state index in [1.807, 2.05) is 43.3 Å². The molecule has 2 N–H and O–H groups in total. The number of unbranched alkanes of at least 4 members (excludes halogenated alkanes) is 1. The molecule has 3 rings (SSSR count). The van der Waals surface area contributed by atoms with Gasteiger partial charge >= 0.3 is 0 Å². The van der Waals surface area contributed by atoms with Crippen LogP contribution in [-0.2, 0) is 13.0 Å². The number of carbonyl (C=O) groups excluding carboxylic acids is 1. The lowest BCUT2D eigenvalue weighted by Crippen LogP contribution is -2.13. The molecule has 0 atom stereocenters. The Labute approximate surface area is 176 Å². The zero-order valence-corrected chi connectivity index (χ0v) is 17.5. The summed E-state index contributed by atoms with van der Waals surface area (Å²) in [5, 5.41) is 9.79. The zero-order valence-electron chi connectivity index (χ0n) is 16.7. The zero-order chi connectivity index (χ0) is 21.0. The van der Waals surface area contributed by atoms with E-state index in [1.54, 1.807) is 12.1 Å². The predicted molar refractivity (Wildman–Crippen MR) is 117 cm³/mol. The quantitative estimate of drug-likeness (QED) is 0.565. The summed E-state index contributed by atoms with van der Waals surface area (Å²) < 4.78 is 2.18. The molecule has 0 saturated carbocycles. The molecule has 0 aliphatic rings. The van der Waals surface area contributed by atoms with Crippen molar-refractivity contribution in [2.24, 2.45) is 5.73 Å². The third kappa shape index (κ3) is 4.36. The molecule has 0 fully saturated rings. The maximum Gasteiger partial charge on any atom is 0.251 e. The molecule has 1 aromatic heterocycles. The molecule has 1 amide bonds. The van der Waals surface area contributed by atoms with Crippen molar-refractivity contribution in [3.63, 3.8) is 0 Å². The molecule has 0 spiro atoms. The minimum absolute atomic E-state index is 0.440. The van der Waals surface area contributed by atoms with E-state index >= 15 is 0 Å². The Morgan fingerprint density at radius 2 is 1.93 bits per heavy atom. The third-order valence-electron chi connectivity index (χ3n) is 5.18. The van der Waals surface area contributed by atoms with Crippen molar-refractivity contribution in [2.75, 3.05) is 0 Å². The van der Waals surface area contributed by atoms with Crippen LogP contribution in [0, 0.1) is 18.3 Å². The number of nitrogens with two attached hydrogens (primary N) is 1. The summed E-state index contributed by atoms with van der Waals surface area (Å²) in [6, 6.07) is 17.2. The van der Waals surface area contributed by atoms with Crippen molar-refractivity contribution in [1.29, 1.82) is 5.26 Å². The summed E-state index contributed by atoms with van der Waals surface area (Å²) in [7, 11) is 0. The van der Waals surface area contributed by atoms with Gasteiger partial charge in [0.1, 0.15) is 0 Å². The second kappa shape index (κ2) is 8.98. The van der Waals surface area contributed by atoms with Crippen molar-refractivity contribution in [3.8, 4) is 17.2 Å². The first-order valence-corrected chi connectivity index (χ1v) is 10.1. The number of hydrogen-bond donors (Lipinski definition) is 1. The second-order valence-electron chi connectivity index (χ2n) is 7.16. The van der Waals surface area contributed by atoms with Gasteiger partial charge in [0.15, 0.2) is 0 Å². The first kappa shape index (κ1) is 20.7. The van der Waals surface area contributed by atoms with Crippen LogP contribution < -0.4 is 5.73 Å². The molecular formula is C24H24ClN3O. The highest BCUT2D eigenvalue weighted by molar-refractivity contribution is 6.30. The van der Waals surface area contributed by atoms with Gasteiger partial charge in [0.25, 0.3) is 5.91 Å². The number of rotatable bonds is 7. The average molecular weight is 406 g/mol. The Morgan fingerprint density at radius 3 is 2.52 bits per heavy atom. The monoisotopic (exact) mass is 405 g/mol. The van der Waals surface area contributed by atoms with E-state index in [1.165, 1.54) is 0 Å². The minimum atomic E-state index is -0.440. The Morgan fingerprint density at radius 1 is 1.21 bits per heavy atom. The van der Waals surface area contributed by atoms with Crippen LogP contribution in [0.5, 0.6) is 0 Å². The number of benzene rings is 2. The van der Waals surface area contributed by atoms with E-state index in [0.717, 1.165) is 47.3 Å². The molecule has 0 unspecified atom stereocenters. The van der Waals surface area contributed by atoms with Crippen molar-refractivity contribution in [2.45, 2.75) is 39.7 Å². The average Bonchev–Trinajstić information content (AvgIpc) is 2.98. The molecule has 0 saturated heterocycles. The number of aromatic nitrogens is 1. The normalized spacial score (nSPS) is 10.7. The minimum Gasteiger partial charge on any atom is -0.366 e. The van der Waals surface area contributed by atoms with Gasteiger partial charge in [0.2, 0.25) is 0 Å². The Kier molecular flexibility index (Phi) is 6.41. The molecular weight excluding hydrogens is 382 g/mol. The number of hydrogen-bond acceptors (Lipinski definition) is 2. The number of halogens is 1. The molecule has 148 valence electrons. The number of amides is 1. The van der Waals surface area contributed by atoms with E-state index in [-0.39, 0.29) is 0 Å². The maximum atomic E-state index is 12.4. The van der Waals surface area contributed by atoms with Gasteiger partial charge in [0, 0.05) is 28.5 Å². The molecule has 4 nitrogen and oxygen atoms in total. The molecule has 0 radical (unpaired) electrons. The first-order valence-electron chi connectivity index (χ1n) is 9.73. The molecule has 29 heavy (non-hydrogen) atoms. The predicted octanol–water partition coefficient (Wildman–Crippen LogP) is 5.48. The van der Waals surface area contributed by atoms with Gasteiger partial charge in [-0.3, -0.25) is 4.79 Å². The van der Waals surface area contributed by atoms with Gasteiger partial charge in [-0.1, -0.05) is 49.2 Å². The summed E-state index contributed by atoms with van der Waals surface area (Å²) in [4.78, 5) is 12.4. The summed E-state index contributed by atoms with van der Waals surface area (Å²) in [6.45, 7) is 4.70. The van der Waals surface area contributed by atoms with Crippen molar-refractivity contribution in [3.05, 3.63) is 81.6 Å². The van der Waals surface area contributed by atoms with E-state index in [4.69, 9.17) is 22.6 Å². The van der Waals surface area contributed by atoms with Crippen LogP contribution >= 0.6 is 11.6 Å². The van der Waals surface area contributed by atoms with Crippen molar-refractivity contribution in [1.82, 2.24) is 4.57 Å². The summed E-state index contributed by atoms with van der Waals surface area (Å²) in [5.74, 6) is -0.440. The van der Waals surface area contributed by atoms with Crippen LogP contribution in [0.15, 0.2) is 48.5 Å². The molecule has 2 aromatic carbocycles. The van der Waals surface area contributed by atoms with Gasteiger partial charge in [-0.05, 0) is 55.2 Å². The molecule has 3 aromatic rings.